The number of aromatic nitrogens is 2. The molecule has 1 aliphatic rings. The number of hydrogen-bond donors (Lipinski definition) is 2. The molecule has 3 N–H and O–H groups in total. The molecule has 0 atom stereocenters. The summed E-state index contributed by atoms with van der Waals surface area (Å²) < 4.78 is 2.71. The Labute approximate surface area is 131 Å². The van der Waals surface area contributed by atoms with Gasteiger partial charge in [0.1, 0.15) is 17.5 Å². The van der Waals surface area contributed by atoms with Crippen LogP contribution in [0.15, 0.2) is 28.7 Å². The fraction of sp³-hybridized carbons (Fsp3) is 0.333. The number of halogens is 1. The van der Waals surface area contributed by atoms with Crippen molar-refractivity contribution in [1.29, 1.82) is 5.26 Å². The van der Waals surface area contributed by atoms with E-state index in [2.05, 4.69) is 32.4 Å². The molecule has 0 amide bonds. The van der Waals surface area contributed by atoms with Crippen molar-refractivity contribution < 1.29 is 0 Å². The maximum Gasteiger partial charge on any atom is 0.168 e. The molecule has 1 heterocycles. The molecule has 2 aromatic rings. The lowest BCUT2D eigenvalue weighted by molar-refractivity contribution is 0.697. The van der Waals surface area contributed by atoms with Crippen molar-refractivity contribution in [2.45, 2.75) is 19.4 Å². The lowest BCUT2D eigenvalue weighted by Crippen LogP contribution is -2.07. The SMILES string of the molecule is N#Cc1c(NCC2CC2)nn(Cc2ccc(Br)cc2)c1N. The molecule has 1 aromatic heterocycles. The Morgan fingerprint density at radius 3 is 2.71 bits per heavy atom. The first-order valence-electron chi connectivity index (χ1n) is 6.92. The van der Waals surface area contributed by atoms with Crippen LogP contribution in [0.1, 0.15) is 24.0 Å². The van der Waals surface area contributed by atoms with Gasteiger partial charge in [-0.3, -0.25) is 0 Å². The van der Waals surface area contributed by atoms with Crippen LogP contribution in [0.5, 0.6) is 0 Å². The maximum atomic E-state index is 9.27. The van der Waals surface area contributed by atoms with Crippen molar-refractivity contribution in [2.75, 3.05) is 17.6 Å². The quantitative estimate of drug-likeness (QED) is 0.872. The third-order valence-electron chi connectivity index (χ3n) is 3.60. The van der Waals surface area contributed by atoms with Gasteiger partial charge in [-0.1, -0.05) is 28.1 Å². The third kappa shape index (κ3) is 3.19. The zero-order valence-electron chi connectivity index (χ0n) is 11.5. The predicted molar refractivity (Wildman–Crippen MR) is 85.8 cm³/mol. The summed E-state index contributed by atoms with van der Waals surface area (Å²) in [5.74, 6) is 1.73. The minimum Gasteiger partial charge on any atom is -0.383 e. The topological polar surface area (TPSA) is 79.7 Å². The van der Waals surface area contributed by atoms with E-state index in [1.54, 1.807) is 4.68 Å². The molecule has 0 bridgehead atoms. The summed E-state index contributed by atoms with van der Waals surface area (Å²) in [6.07, 6.45) is 2.51. The average molecular weight is 346 g/mol. The number of nitrogen functional groups attached to an aromatic ring is 1. The number of anilines is 2. The second-order valence-electron chi connectivity index (χ2n) is 5.33. The van der Waals surface area contributed by atoms with Crippen LogP contribution in [0.25, 0.3) is 0 Å². The van der Waals surface area contributed by atoms with E-state index in [-0.39, 0.29) is 0 Å². The van der Waals surface area contributed by atoms with Gasteiger partial charge in [0.25, 0.3) is 0 Å². The minimum atomic E-state index is 0.415. The molecular weight excluding hydrogens is 330 g/mol. The summed E-state index contributed by atoms with van der Waals surface area (Å²) in [7, 11) is 0. The van der Waals surface area contributed by atoms with Crippen LogP contribution >= 0.6 is 15.9 Å². The van der Waals surface area contributed by atoms with E-state index in [9.17, 15) is 5.26 Å². The van der Waals surface area contributed by atoms with Crippen molar-refractivity contribution in [3.05, 3.63) is 39.9 Å². The number of hydrogen-bond acceptors (Lipinski definition) is 4. The fourth-order valence-corrected chi connectivity index (χ4v) is 2.42. The lowest BCUT2D eigenvalue weighted by atomic mass is 10.2. The normalized spacial score (nSPS) is 13.9. The monoisotopic (exact) mass is 345 g/mol. The molecule has 3 rings (SSSR count). The number of nitriles is 1. The van der Waals surface area contributed by atoms with Gasteiger partial charge in [0.15, 0.2) is 5.82 Å². The van der Waals surface area contributed by atoms with E-state index >= 15 is 0 Å². The first-order chi connectivity index (χ1) is 10.2. The van der Waals surface area contributed by atoms with Crippen LogP contribution in [0.3, 0.4) is 0 Å². The largest absolute Gasteiger partial charge is 0.383 e. The first kappa shape index (κ1) is 14.0. The van der Waals surface area contributed by atoms with E-state index in [4.69, 9.17) is 5.73 Å². The van der Waals surface area contributed by atoms with Crippen molar-refractivity contribution in [3.63, 3.8) is 0 Å². The molecule has 1 aliphatic carbocycles. The summed E-state index contributed by atoms with van der Waals surface area (Å²) in [4.78, 5) is 0. The van der Waals surface area contributed by atoms with E-state index in [0.29, 0.717) is 23.7 Å². The lowest BCUT2D eigenvalue weighted by Gasteiger charge is -2.04. The molecule has 0 saturated heterocycles. The summed E-state index contributed by atoms with van der Waals surface area (Å²) >= 11 is 3.41. The zero-order valence-corrected chi connectivity index (χ0v) is 13.1. The number of rotatable bonds is 5. The number of benzene rings is 1. The van der Waals surface area contributed by atoms with Gasteiger partial charge in [-0.25, -0.2) is 4.68 Å². The van der Waals surface area contributed by atoms with Crippen LogP contribution in [0.2, 0.25) is 0 Å². The van der Waals surface area contributed by atoms with Gasteiger partial charge in [-0.2, -0.15) is 10.4 Å². The predicted octanol–water partition coefficient (Wildman–Crippen LogP) is 2.97. The van der Waals surface area contributed by atoms with Gasteiger partial charge in [0.05, 0.1) is 6.54 Å². The Balaban J connectivity index is 1.80. The van der Waals surface area contributed by atoms with Gasteiger partial charge >= 0.3 is 0 Å². The van der Waals surface area contributed by atoms with Gasteiger partial charge in [-0.05, 0) is 36.5 Å². The van der Waals surface area contributed by atoms with Crippen LogP contribution in [0, 0.1) is 17.2 Å². The highest BCUT2D eigenvalue weighted by atomic mass is 79.9. The Hall–Kier alpha value is -2.00. The Bertz CT molecular complexity index is 679. The van der Waals surface area contributed by atoms with Crippen LogP contribution < -0.4 is 11.1 Å². The van der Waals surface area contributed by atoms with E-state index in [1.165, 1.54) is 12.8 Å². The summed E-state index contributed by atoms with van der Waals surface area (Å²) in [5, 5.41) is 17.0. The molecular formula is C15H16BrN5. The van der Waals surface area contributed by atoms with E-state index in [0.717, 1.165) is 22.5 Å². The molecule has 108 valence electrons. The van der Waals surface area contributed by atoms with Crippen molar-refractivity contribution in [1.82, 2.24) is 9.78 Å². The summed E-state index contributed by atoms with van der Waals surface area (Å²) in [6.45, 7) is 1.42. The molecule has 5 nitrogen and oxygen atoms in total. The summed E-state index contributed by atoms with van der Waals surface area (Å²) in [5.41, 5.74) is 7.57. The van der Waals surface area contributed by atoms with Gasteiger partial charge in [-0.15, -0.1) is 0 Å². The molecule has 6 heteroatoms. The first-order valence-corrected chi connectivity index (χ1v) is 7.71. The average Bonchev–Trinajstić information content (AvgIpc) is 3.26. The Kier molecular flexibility index (Phi) is 3.84. The zero-order chi connectivity index (χ0) is 14.8. The molecule has 0 unspecified atom stereocenters. The Morgan fingerprint density at radius 2 is 2.10 bits per heavy atom. The molecule has 0 spiro atoms. The van der Waals surface area contributed by atoms with Crippen molar-refractivity contribution in [2.24, 2.45) is 5.92 Å². The van der Waals surface area contributed by atoms with Gasteiger partial charge in [0, 0.05) is 11.0 Å². The second kappa shape index (κ2) is 5.78. The number of nitrogens with zero attached hydrogens (tertiary/aromatic N) is 3. The van der Waals surface area contributed by atoms with Crippen LogP contribution in [-0.2, 0) is 6.54 Å². The van der Waals surface area contributed by atoms with Crippen molar-refractivity contribution >= 4 is 27.6 Å². The second-order valence-corrected chi connectivity index (χ2v) is 6.24. The fourth-order valence-electron chi connectivity index (χ4n) is 2.16. The van der Waals surface area contributed by atoms with E-state index < -0.39 is 0 Å². The van der Waals surface area contributed by atoms with Crippen molar-refractivity contribution in [3.8, 4) is 6.07 Å². The third-order valence-corrected chi connectivity index (χ3v) is 4.13. The Morgan fingerprint density at radius 1 is 1.38 bits per heavy atom. The summed E-state index contributed by atoms with van der Waals surface area (Å²) in [6, 6.07) is 10.1. The molecule has 1 saturated carbocycles. The van der Waals surface area contributed by atoms with Crippen LogP contribution in [0.4, 0.5) is 11.6 Å². The van der Waals surface area contributed by atoms with Gasteiger partial charge < -0.3 is 11.1 Å². The van der Waals surface area contributed by atoms with E-state index in [1.807, 2.05) is 24.3 Å². The minimum absolute atomic E-state index is 0.415. The molecule has 1 fully saturated rings. The highest BCUT2D eigenvalue weighted by Gasteiger charge is 2.23. The molecule has 1 aromatic carbocycles. The number of nitrogens with two attached hydrogens (primary N) is 1. The molecule has 0 aliphatic heterocycles. The highest BCUT2D eigenvalue weighted by molar-refractivity contribution is 9.10. The van der Waals surface area contributed by atoms with Crippen LogP contribution in [-0.4, -0.2) is 16.3 Å². The number of nitrogens with one attached hydrogen (secondary N) is 1. The standard InChI is InChI=1S/C15H16BrN5/c16-12-5-3-11(4-6-12)9-21-14(18)13(7-17)15(20-21)19-8-10-1-2-10/h3-6,10H,1-2,8-9,18H2,(H,19,20). The maximum absolute atomic E-state index is 9.27. The molecule has 0 radical (unpaired) electrons. The highest BCUT2D eigenvalue weighted by Crippen LogP contribution is 2.30. The van der Waals surface area contributed by atoms with Gasteiger partial charge in [0.2, 0.25) is 0 Å². The smallest absolute Gasteiger partial charge is 0.168 e. The molecule has 21 heavy (non-hydrogen) atoms.